The van der Waals surface area contributed by atoms with E-state index in [1.54, 1.807) is 14.2 Å². The Labute approximate surface area is 112 Å². The SMILES string of the molecule is COc1ccc(OC)c(CNCC2CC2C(=O)O)c1. The lowest BCUT2D eigenvalue weighted by molar-refractivity contribution is -0.138. The minimum Gasteiger partial charge on any atom is -0.497 e. The van der Waals surface area contributed by atoms with E-state index in [9.17, 15) is 4.79 Å². The molecular weight excluding hydrogens is 246 g/mol. The second-order valence-corrected chi connectivity index (χ2v) is 4.75. The van der Waals surface area contributed by atoms with Crippen LogP contribution in [0.3, 0.4) is 0 Å². The molecule has 2 N–H and O–H groups in total. The van der Waals surface area contributed by atoms with Gasteiger partial charge in [-0.25, -0.2) is 0 Å². The molecule has 1 aromatic rings. The van der Waals surface area contributed by atoms with Crippen LogP contribution >= 0.6 is 0 Å². The van der Waals surface area contributed by atoms with Crippen molar-refractivity contribution in [3.05, 3.63) is 23.8 Å². The quantitative estimate of drug-likeness (QED) is 0.782. The van der Waals surface area contributed by atoms with Crippen LogP contribution in [0.15, 0.2) is 18.2 Å². The van der Waals surface area contributed by atoms with Crippen LogP contribution in [-0.4, -0.2) is 31.8 Å². The van der Waals surface area contributed by atoms with E-state index in [4.69, 9.17) is 14.6 Å². The summed E-state index contributed by atoms with van der Waals surface area (Å²) in [5.41, 5.74) is 1.01. The van der Waals surface area contributed by atoms with Crippen molar-refractivity contribution in [3.63, 3.8) is 0 Å². The van der Waals surface area contributed by atoms with E-state index in [0.29, 0.717) is 6.54 Å². The molecule has 5 nitrogen and oxygen atoms in total. The van der Waals surface area contributed by atoms with Crippen molar-refractivity contribution >= 4 is 5.97 Å². The lowest BCUT2D eigenvalue weighted by Crippen LogP contribution is -2.18. The molecule has 1 aromatic carbocycles. The number of carbonyl (C=O) groups is 1. The molecule has 2 unspecified atom stereocenters. The monoisotopic (exact) mass is 265 g/mol. The number of benzene rings is 1. The predicted molar refractivity (Wildman–Crippen MR) is 70.5 cm³/mol. The molecule has 2 atom stereocenters. The Kier molecular flexibility index (Phi) is 4.27. The minimum absolute atomic E-state index is 0.167. The highest BCUT2D eigenvalue weighted by Crippen LogP contribution is 2.38. The van der Waals surface area contributed by atoms with Crippen molar-refractivity contribution in [2.24, 2.45) is 11.8 Å². The number of hydrogen-bond donors (Lipinski definition) is 2. The van der Waals surface area contributed by atoms with Crippen LogP contribution in [0.25, 0.3) is 0 Å². The molecule has 0 saturated heterocycles. The summed E-state index contributed by atoms with van der Waals surface area (Å²) in [4.78, 5) is 10.7. The molecule has 0 amide bonds. The molecule has 5 heteroatoms. The Morgan fingerprint density at radius 3 is 2.79 bits per heavy atom. The molecule has 19 heavy (non-hydrogen) atoms. The smallest absolute Gasteiger partial charge is 0.306 e. The Morgan fingerprint density at radius 1 is 1.42 bits per heavy atom. The number of ether oxygens (including phenoxy) is 2. The summed E-state index contributed by atoms with van der Waals surface area (Å²) in [6.07, 6.45) is 0.775. The Morgan fingerprint density at radius 2 is 2.21 bits per heavy atom. The molecule has 1 fully saturated rings. The van der Waals surface area contributed by atoms with E-state index in [0.717, 1.165) is 30.0 Å². The molecule has 0 spiro atoms. The summed E-state index contributed by atoms with van der Waals surface area (Å²) in [7, 11) is 3.26. The van der Waals surface area contributed by atoms with E-state index >= 15 is 0 Å². The van der Waals surface area contributed by atoms with Crippen LogP contribution in [0.4, 0.5) is 0 Å². The van der Waals surface area contributed by atoms with Gasteiger partial charge in [-0.3, -0.25) is 4.79 Å². The predicted octanol–water partition coefficient (Wildman–Crippen LogP) is 1.51. The van der Waals surface area contributed by atoms with Gasteiger partial charge in [0.1, 0.15) is 11.5 Å². The van der Waals surface area contributed by atoms with Gasteiger partial charge in [0, 0.05) is 12.1 Å². The first-order valence-corrected chi connectivity index (χ1v) is 6.30. The van der Waals surface area contributed by atoms with Gasteiger partial charge in [-0.2, -0.15) is 0 Å². The second-order valence-electron chi connectivity index (χ2n) is 4.75. The van der Waals surface area contributed by atoms with Gasteiger partial charge < -0.3 is 19.9 Å². The third-order valence-corrected chi connectivity index (χ3v) is 3.45. The molecular formula is C14H19NO4. The van der Waals surface area contributed by atoms with Gasteiger partial charge in [-0.15, -0.1) is 0 Å². The van der Waals surface area contributed by atoms with Crippen LogP contribution < -0.4 is 14.8 Å². The highest BCUT2D eigenvalue weighted by molar-refractivity contribution is 5.73. The third-order valence-electron chi connectivity index (χ3n) is 3.45. The molecule has 2 rings (SSSR count). The van der Waals surface area contributed by atoms with Crippen LogP contribution in [-0.2, 0) is 11.3 Å². The van der Waals surface area contributed by atoms with Crippen molar-refractivity contribution < 1.29 is 19.4 Å². The molecule has 0 aliphatic heterocycles. The number of carboxylic acid groups (broad SMARTS) is 1. The van der Waals surface area contributed by atoms with E-state index < -0.39 is 5.97 Å². The van der Waals surface area contributed by atoms with E-state index in [-0.39, 0.29) is 11.8 Å². The average Bonchev–Trinajstić information content (AvgIpc) is 3.18. The van der Waals surface area contributed by atoms with Crippen LogP contribution in [0.2, 0.25) is 0 Å². The fourth-order valence-electron chi connectivity index (χ4n) is 2.19. The van der Waals surface area contributed by atoms with Gasteiger partial charge >= 0.3 is 5.97 Å². The molecule has 1 saturated carbocycles. The van der Waals surface area contributed by atoms with Crippen LogP contribution in [0.1, 0.15) is 12.0 Å². The maximum absolute atomic E-state index is 10.7. The fourth-order valence-corrected chi connectivity index (χ4v) is 2.19. The summed E-state index contributed by atoms with van der Waals surface area (Å²) >= 11 is 0. The first-order valence-electron chi connectivity index (χ1n) is 6.30. The average molecular weight is 265 g/mol. The van der Waals surface area contributed by atoms with Gasteiger partial charge in [-0.05, 0) is 37.1 Å². The number of carboxylic acids is 1. The summed E-state index contributed by atoms with van der Waals surface area (Å²) < 4.78 is 10.5. The molecule has 1 aliphatic carbocycles. The molecule has 104 valence electrons. The van der Waals surface area contributed by atoms with Crippen molar-refractivity contribution in [1.82, 2.24) is 5.32 Å². The standard InChI is InChI=1S/C14H19NO4/c1-18-11-3-4-13(19-2)10(5-11)8-15-7-9-6-12(9)14(16)17/h3-5,9,12,15H,6-8H2,1-2H3,(H,16,17). The van der Waals surface area contributed by atoms with Crippen LogP contribution in [0, 0.1) is 11.8 Å². The van der Waals surface area contributed by atoms with Gasteiger partial charge in [0.05, 0.1) is 20.1 Å². The summed E-state index contributed by atoms with van der Waals surface area (Å²) in [5, 5.41) is 12.1. The Hall–Kier alpha value is -1.75. The maximum atomic E-state index is 10.7. The van der Waals surface area contributed by atoms with Gasteiger partial charge in [0.25, 0.3) is 0 Å². The Balaban J connectivity index is 1.87. The highest BCUT2D eigenvalue weighted by Gasteiger charge is 2.42. The van der Waals surface area contributed by atoms with Crippen molar-refractivity contribution in [2.75, 3.05) is 20.8 Å². The number of aliphatic carboxylic acids is 1. The minimum atomic E-state index is -0.689. The van der Waals surface area contributed by atoms with E-state index in [1.165, 1.54) is 0 Å². The third kappa shape index (κ3) is 3.38. The summed E-state index contributed by atoms with van der Waals surface area (Å²) in [6, 6.07) is 5.64. The highest BCUT2D eigenvalue weighted by atomic mass is 16.5. The van der Waals surface area contributed by atoms with E-state index in [1.807, 2.05) is 18.2 Å². The zero-order valence-corrected chi connectivity index (χ0v) is 11.2. The van der Waals surface area contributed by atoms with Gasteiger partial charge in [0.2, 0.25) is 0 Å². The topological polar surface area (TPSA) is 67.8 Å². The number of methoxy groups -OCH3 is 2. The van der Waals surface area contributed by atoms with Crippen molar-refractivity contribution in [1.29, 1.82) is 0 Å². The molecule has 0 heterocycles. The first kappa shape index (κ1) is 13.7. The molecule has 1 aliphatic rings. The zero-order valence-electron chi connectivity index (χ0n) is 11.2. The summed E-state index contributed by atoms with van der Waals surface area (Å²) in [5.74, 6) is 0.992. The molecule has 0 radical (unpaired) electrons. The number of rotatable bonds is 7. The lowest BCUT2D eigenvalue weighted by Gasteiger charge is -2.11. The van der Waals surface area contributed by atoms with Crippen LogP contribution in [0.5, 0.6) is 11.5 Å². The van der Waals surface area contributed by atoms with Crippen molar-refractivity contribution in [2.45, 2.75) is 13.0 Å². The second kappa shape index (κ2) is 5.93. The van der Waals surface area contributed by atoms with Gasteiger partial charge in [0.15, 0.2) is 0 Å². The molecule has 0 aromatic heterocycles. The fraction of sp³-hybridized carbons (Fsp3) is 0.500. The lowest BCUT2D eigenvalue weighted by atomic mass is 10.2. The molecule has 0 bridgehead atoms. The number of hydrogen-bond acceptors (Lipinski definition) is 4. The number of nitrogens with one attached hydrogen (secondary N) is 1. The first-order chi connectivity index (χ1) is 9.15. The maximum Gasteiger partial charge on any atom is 0.306 e. The summed E-state index contributed by atoms with van der Waals surface area (Å²) in [6.45, 7) is 1.36. The van der Waals surface area contributed by atoms with Crippen molar-refractivity contribution in [3.8, 4) is 11.5 Å². The largest absolute Gasteiger partial charge is 0.497 e. The zero-order chi connectivity index (χ0) is 13.8. The normalized spacial score (nSPS) is 20.9. The van der Waals surface area contributed by atoms with E-state index in [2.05, 4.69) is 5.32 Å². The Bertz CT molecular complexity index is 461. The van der Waals surface area contributed by atoms with Gasteiger partial charge in [-0.1, -0.05) is 0 Å².